The van der Waals surface area contributed by atoms with Gasteiger partial charge < -0.3 is 0 Å². The van der Waals surface area contributed by atoms with Crippen molar-refractivity contribution in [3.05, 3.63) is 126 Å². The van der Waals surface area contributed by atoms with E-state index in [-0.39, 0.29) is 0 Å². The topological polar surface area (TPSA) is 12.4 Å². The molecule has 0 atom stereocenters. The maximum Gasteiger partial charge on any atom is 0.0668 e. The average Bonchev–Trinajstić information content (AvgIpc) is 2.85. The van der Waals surface area contributed by atoms with Gasteiger partial charge in [0.25, 0.3) is 0 Å². The van der Waals surface area contributed by atoms with Gasteiger partial charge in [-0.3, -0.25) is 4.99 Å². The van der Waals surface area contributed by atoms with E-state index < -0.39 is 0 Å². The molecule has 0 amide bonds. The number of fused-ring (bicyclic) bond motifs is 4. The SMILES string of the molecule is Cc1ccc(-c2cccc3ccccc23)cc1N=C1Cc2ccccc2-c2ccccc21. The molecule has 0 fully saturated rings. The molecule has 1 nitrogen and oxygen atoms in total. The third kappa shape index (κ3) is 3.14. The second-order valence-electron chi connectivity index (χ2n) is 8.47. The molecule has 0 radical (unpaired) electrons. The molecule has 5 aromatic rings. The predicted octanol–water partition coefficient (Wildman–Crippen LogP) is 8.16. The minimum Gasteiger partial charge on any atom is -0.252 e. The summed E-state index contributed by atoms with van der Waals surface area (Å²) in [4.78, 5) is 5.24. The molecule has 6 rings (SSSR count). The molecule has 5 aromatic carbocycles. The van der Waals surface area contributed by atoms with Gasteiger partial charge in [0.1, 0.15) is 0 Å². The van der Waals surface area contributed by atoms with Crippen LogP contribution in [0, 0.1) is 6.92 Å². The highest BCUT2D eigenvalue weighted by molar-refractivity contribution is 6.11. The quantitative estimate of drug-likeness (QED) is 0.279. The van der Waals surface area contributed by atoms with Crippen LogP contribution in [0.2, 0.25) is 0 Å². The number of hydrogen-bond acceptors (Lipinski definition) is 1. The van der Waals surface area contributed by atoms with Crippen LogP contribution in [0.15, 0.2) is 114 Å². The van der Waals surface area contributed by atoms with Crippen molar-refractivity contribution in [2.45, 2.75) is 13.3 Å². The van der Waals surface area contributed by atoms with E-state index in [1.54, 1.807) is 0 Å². The first-order chi connectivity index (χ1) is 15.8. The molecule has 1 heteroatoms. The number of nitrogens with zero attached hydrogens (tertiary/aromatic N) is 1. The van der Waals surface area contributed by atoms with Crippen LogP contribution in [0.4, 0.5) is 5.69 Å². The van der Waals surface area contributed by atoms with E-state index in [9.17, 15) is 0 Å². The number of rotatable bonds is 2. The zero-order chi connectivity index (χ0) is 21.5. The minimum absolute atomic E-state index is 0.852. The molecular formula is C31H23N. The summed E-state index contributed by atoms with van der Waals surface area (Å²) in [5.41, 5.74) is 11.0. The Morgan fingerprint density at radius 3 is 2.19 bits per heavy atom. The second kappa shape index (κ2) is 7.62. The summed E-state index contributed by atoms with van der Waals surface area (Å²) in [7, 11) is 0. The molecule has 0 N–H and O–H groups in total. The normalized spacial score (nSPS) is 13.7. The summed E-state index contributed by atoms with van der Waals surface area (Å²) in [5.74, 6) is 0. The molecule has 1 aliphatic carbocycles. The number of aliphatic imine (C=N–C) groups is 1. The summed E-state index contributed by atoms with van der Waals surface area (Å²) >= 11 is 0. The summed E-state index contributed by atoms with van der Waals surface area (Å²) in [6.07, 6.45) is 0.852. The van der Waals surface area contributed by atoms with Crippen LogP contribution in [0.1, 0.15) is 16.7 Å². The van der Waals surface area contributed by atoms with Crippen molar-refractivity contribution in [2.24, 2.45) is 4.99 Å². The van der Waals surface area contributed by atoms with E-state index in [4.69, 9.17) is 4.99 Å². The lowest BCUT2D eigenvalue weighted by atomic mass is 9.84. The summed E-state index contributed by atoms with van der Waals surface area (Å²) in [6.45, 7) is 2.15. The Labute approximate surface area is 188 Å². The Balaban J connectivity index is 1.50. The molecule has 0 unspecified atom stereocenters. The van der Waals surface area contributed by atoms with Crippen molar-refractivity contribution >= 4 is 22.2 Å². The second-order valence-corrected chi connectivity index (χ2v) is 8.47. The summed E-state index contributed by atoms with van der Waals surface area (Å²) < 4.78 is 0. The van der Waals surface area contributed by atoms with Gasteiger partial charge >= 0.3 is 0 Å². The molecule has 0 aromatic heterocycles. The van der Waals surface area contributed by atoms with Crippen LogP contribution in [0.3, 0.4) is 0 Å². The number of aryl methyl sites for hydroxylation is 1. The first-order valence-corrected chi connectivity index (χ1v) is 11.1. The molecule has 0 saturated heterocycles. The van der Waals surface area contributed by atoms with Crippen molar-refractivity contribution in [3.8, 4) is 22.3 Å². The standard InChI is InChI=1S/C31H23N/c1-21-17-18-24(26-16-8-11-22-9-2-4-12-25(22)26)19-30(21)32-31-20-23-10-3-5-13-27(23)28-14-6-7-15-29(28)31/h2-19H,20H2,1H3. The van der Waals surface area contributed by atoms with Crippen LogP contribution in [0.5, 0.6) is 0 Å². The average molecular weight is 410 g/mol. The molecule has 152 valence electrons. The van der Waals surface area contributed by atoms with Gasteiger partial charge in [0.15, 0.2) is 0 Å². The van der Waals surface area contributed by atoms with Gasteiger partial charge in [-0.2, -0.15) is 0 Å². The molecule has 0 spiro atoms. The third-order valence-electron chi connectivity index (χ3n) is 6.47. The Morgan fingerprint density at radius 1 is 0.594 bits per heavy atom. The highest BCUT2D eigenvalue weighted by atomic mass is 14.8. The van der Waals surface area contributed by atoms with E-state index in [0.29, 0.717) is 0 Å². The van der Waals surface area contributed by atoms with Gasteiger partial charge in [-0.25, -0.2) is 0 Å². The zero-order valence-corrected chi connectivity index (χ0v) is 18.0. The lowest BCUT2D eigenvalue weighted by Crippen LogP contribution is -2.13. The van der Waals surface area contributed by atoms with Crippen molar-refractivity contribution < 1.29 is 0 Å². The highest BCUT2D eigenvalue weighted by Crippen LogP contribution is 2.36. The van der Waals surface area contributed by atoms with Crippen LogP contribution >= 0.6 is 0 Å². The van der Waals surface area contributed by atoms with Gasteiger partial charge in [0.2, 0.25) is 0 Å². The van der Waals surface area contributed by atoms with Crippen molar-refractivity contribution in [3.63, 3.8) is 0 Å². The fourth-order valence-electron chi connectivity index (χ4n) is 4.80. The van der Waals surface area contributed by atoms with Crippen LogP contribution in [-0.4, -0.2) is 5.71 Å². The van der Waals surface area contributed by atoms with E-state index in [1.165, 1.54) is 49.7 Å². The Morgan fingerprint density at radius 2 is 1.28 bits per heavy atom. The fraction of sp³-hybridized carbons (Fsp3) is 0.0645. The largest absolute Gasteiger partial charge is 0.252 e. The first-order valence-electron chi connectivity index (χ1n) is 11.1. The van der Waals surface area contributed by atoms with Gasteiger partial charge in [0, 0.05) is 12.0 Å². The van der Waals surface area contributed by atoms with Crippen molar-refractivity contribution in [1.82, 2.24) is 0 Å². The summed E-state index contributed by atoms with van der Waals surface area (Å²) in [6, 6.07) is 39.1. The smallest absolute Gasteiger partial charge is 0.0668 e. The lowest BCUT2D eigenvalue weighted by molar-refractivity contribution is 1.26. The molecule has 0 saturated carbocycles. The van der Waals surface area contributed by atoms with E-state index in [1.807, 2.05) is 0 Å². The van der Waals surface area contributed by atoms with Gasteiger partial charge in [0.05, 0.1) is 11.4 Å². The van der Waals surface area contributed by atoms with Crippen LogP contribution in [0.25, 0.3) is 33.0 Å². The third-order valence-corrected chi connectivity index (χ3v) is 6.47. The fourth-order valence-corrected chi connectivity index (χ4v) is 4.80. The van der Waals surface area contributed by atoms with Gasteiger partial charge in [-0.15, -0.1) is 0 Å². The Hall–Kier alpha value is -3.97. The van der Waals surface area contributed by atoms with E-state index in [0.717, 1.165) is 17.8 Å². The highest BCUT2D eigenvalue weighted by Gasteiger charge is 2.20. The first kappa shape index (κ1) is 18.8. The predicted molar refractivity (Wildman–Crippen MR) is 136 cm³/mol. The molecule has 0 aliphatic heterocycles. The molecule has 32 heavy (non-hydrogen) atoms. The van der Waals surface area contributed by atoms with Crippen LogP contribution < -0.4 is 0 Å². The molecular weight excluding hydrogens is 386 g/mol. The Bertz CT molecular complexity index is 1500. The zero-order valence-electron chi connectivity index (χ0n) is 18.0. The van der Waals surface area contributed by atoms with Crippen LogP contribution in [-0.2, 0) is 6.42 Å². The van der Waals surface area contributed by atoms with Crippen molar-refractivity contribution in [2.75, 3.05) is 0 Å². The number of benzene rings is 5. The Kier molecular flexibility index (Phi) is 4.47. The van der Waals surface area contributed by atoms with Gasteiger partial charge in [-0.05, 0) is 57.1 Å². The number of hydrogen-bond donors (Lipinski definition) is 0. The minimum atomic E-state index is 0.852. The van der Waals surface area contributed by atoms with E-state index >= 15 is 0 Å². The van der Waals surface area contributed by atoms with Crippen molar-refractivity contribution in [1.29, 1.82) is 0 Å². The molecule has 0 heterocycles. The maximum atomic E-state index is 5.24. The monoisotopic (exact) mass is 409 g/mol. The van der Waals surface area contributed by atoms with Gasteiger partial charge in [-0.1, -0.05) is 103 Å². The summed E-state index contributed by atoms with van der Waals surface area (Å²) in [5, 5.41) is 2.53. The molecule has 0 bridgehead atoms. The maximum absolute atomic E-state index is 5.24. The van der Waals surface area contributed by atoms with E-state index in [2.05, 4.69) is 116 Å². The molecule has 1 aliphatic rings. The lowest BCUT2D eigenvalue weighted by Gasteiger charge is -2.22.